The number of benzene rings is 2. The van der Waals surface area contributed by atoms with Crippen LogP contribution in [0.15, 0.2) is 36.4 Å². The molecule has 1 atom stereocenters. The van der Waals surface area contributed by atoms with Crippen molar-refractivity contribution in [2.45, 2.75) is 51.2 Å². The Morgan fingerprint density at radius 2 is 1.86 bits per heavy atom. The lowest BCUT2D eigenvalue weighted by Crippen LogP contribution is -2.43. The summed E-state index contributed by atoms with van der Waals surface area (Å²) < 4.78 is 21.1. The third-order valence-corrected chi connectivity index (χ3v) is 6.96. The number of anilines is 1. The average molecular weight is 478 g/mol. The van der Waals surface area contributed by atoms with Gasteiger partial charge in [-0.05, 0) is 61.6 Å². The molecule has 6 nitrogen and oxygen atoms in total. The van der Waals surface area contributed by atoms with Gasteiger partial charge in [0.15, 0.2) is 0 Å². The smallest absolute Gasteiger partial charge is 0.319 e. The molecule has 2 aliphatic heterocycles. The van der Waals surface area contributed by atoms with E-state index in [0.29, 0.717) is 42.1 Å². The molecule has 184 valence electrons. The van der Waals surface area contributed by atoms with Gasteiger partial charge in [-0.1, -0.05) is 24.1 Å². The maximum Gasteiger partial charge on any atom is 0.319 e. The van der Waals surface area contributed by atoms with Gasteiger partial charge in [-0.3, -0.25) is 4.79 Å². The monoisotopic (exact) mass is 477 g/mol. The number of likely N-dealkylation sites (tertiary alicyclic amines) is 1. The Hall–Kier alpha value is -3.37. The van der Waals surface area contributed by atoms with Crippen molar-refractivity contribution in [3.8, 4) is 12.3 Å². The highest BCUT2D eigenvalue weighted by molar-refractivity contribution is 5.98. The molecule has 2 aromatic carbocycles. The first-order valence-corrected chi connectivity index (χ1v) is 12.1. The van der Waals surface area contributed by atoms with E-state index in [1.54, 1.807) is 35.2 Å². The normalized spacial score (nSPS) is 19.5. The van der Waals surface area contributed by atoms with Crippen molar-refractivity contribution in [3.05, 3.63) is 64.2 Å². The molecule has 2 aliphatic rings. The summed E-state index contributed by atoms with van der Waals surface area (Å²) in [6.45, 7) is 5.61. The van der Waals surface area contributed by atoms with Gasteiger partial charge in [-0.15, -0.1) is 6.42 Å². The van der Waals surface area contributed by atoms with Gasteiger partial charge in [0.25, 0.3) is 5.91 Å². The molecule has 3 amide bonds. The Kier molecular flexibility index (Phi) is 7.42. The van der Waals surface area contributed by atoms with Crippen LogP contribution in [0.1, 0.15) is 58.3 Å². The minimum absolute atomic E-state index is 0.0207. The second-order valence-electron chi connectivity index (χ2n) is 9.47. The zero-order chi connectivity index (χ0) is 25.0. The highest BCUT2D eigenvalue weighted by Crippen LogP contribution is 2.37. The average Bonchev–Trinajstić information content (AvgIpc) is 2.86. The lowest BCUT2D eigenvalue weighted by molar-refractivity contribution is 0.0421. The van der Waals surface area contributed by atoms with Crippen LogP contribution in [0.3, 0.4) is 0 Å². The summed E-state index contributed by atoms with van der Waals surface area (Å²) in [6.07, 6.45) is 7.63. The van der Waals surface area contributed by atoms with E-state index in [4.69, 9.17) is 11.2 Å². The van der Waals surface area contributed by atoms with E-state index in [-0.39, 0.29) is 30.8 Å². The number of terminal acetylenes is 1. The van der Waals surface area contributed by atoms with Crippen molar-refractivity contribution in [2.75, 3.05) is 31.6 Å². The van der Waals surface area contributed by atoms with Crippen LogP contribution in [0.2, 0.25) is 0 Å². The van der Waals surface area contributed by atoms with Gasteiger partial charge in [0.05, 0.1) is 12.6 Å². The Morgan fingerprint density at radius 1 is 1.14 bits per heavy atom. The van der Waals surface area contributed by atoms with E-state index in [9.17, 15) is 9.59 Å². The molecule has 0 aromatic heterocycles. The second-order valence-corrected chi connectivity index (χ2v) is 9.47. The summed E-state index contributed by atoms with van der Waals surface area (Å²) in [4.78, 5) is 27.6. The first kappa shape index (κ1) is 24.7. The summed E-state index contributed by atoms with van der Waals surface area (Å²) in [5, 5.41) is 5.81. The highest BCUT2D eigenvalue weighted by Gasteiger charge is 2.38. The topological polar surface area (TPSA) is 70.7 Å². The van der Waals surface area contributed by atoms with E-state index in [1.807, 2.05) is 19.9 Å². The lowest BCUT2D eigenvalue weighted by atomic mass is 9.85. The molecular formula is C28H32FN3O3. The first-order chi connectivity index (χ1) is 16.8. The summed E-state index contributed by atoms with van der Waals surface area (Å²) >= 11 is 0. The molecule has 2 aromatic rings. The van der Waals surface area contributed by atoms with Crippen LogP contribution < -0.4 is 10.6 Å². The second kappa shape index (κ2) is 10.5. The third kappa shape index (κ3) is 5.66. The molecule has 2 heterocycles. The number of nitrogens with one attached hydrogen (secondary N) is 2. The van der Waals surface area contributed by atoms with Crippen molar-refractivity contribution >= 4 is 17.6 Å². The number of urea groups is 1. The third-order valence-electron chi connectivity index (χ3n) is 6.96. The first-order valence-electron chi connectivity index (χ1n) is 12.1. The predicted molar refractivity (Wildman–Crippen MR) is 134 cm³/mol. The summed E-state index contributed by atoms with van der Waals surface area (Å²) in [6, 6.07) is 10.2. The summed E-state index contributed by atoms with van der Waals surface area (Å²) in [7, 11) is 0. The van der Waals surface area contributed by atoms with Gasteiger partial charge in [-0.25, -0.2) is 9.18 Å². The van der Waals surface area contributed by atoms with E-state index < -0.39 is 5.67 Å². The Bertz CT molecular complexity index is 1130. The van der Waals surface area contributed by atoms with Gasteiger partial charge in [0.1, 0.15) is 5.67 Å². The molecule has 0 aliphatic carbocycles. The number of ether oxygens (including phenoxy) is 1. The van der Waals surface area contributed by atoms with Gasteiger partial charge < -0.3 is 20.3 Å². The van der Waals surface area contributed by atoms with Crippen LogP contribution in [0.5, 0.6) is 0 Å². The van der Waals surface area contributed by atoms with Crippen LogP contribution in [-0.4, -0.2) is 49.2 Å². The number of amides is 3. The molecule has 0 radical (unpaired) electrons. The zero-order valence-electron chi connectivity index (χ0n) is 20.3. The largest absolute Gasteiger partial charge is 0.379 e. The van der Waals surface area contributed by atoms with Crippen molar-refractivity contribution in [3.63, 3.8) is 0 Å². The fourth-order valence-corrected chi connectivity index (χ4v) is 4.80. The van der Waals surface area contributed by atoms with Crippen LogP contribution in [-0.2, 0) is 10.4 Å². The molecule has 4 rings (SSSR count). The van der Waals surface area contributed by atoms with E-state index >= 15 is 4.39 Å². The fraction of sp³-hybridized carbons (Fsp3) is 0.429. The molecular weight excluding hydrogens is 445 g/mol. The summed E-state index contributed by atoms with van der Waals surface area (Å²) in [5.41, 5.74) is 2.60. The standard InChI is InChI=1S/C28H32FN3O3/c1-4-21-7-9-22(10-8-21)28(29)11-13-32(14-12-28)26(33)24-17-25(20(3)16-19(24)2)31-27(34)30-23-6-5-15-35-18-23/h1,7-10,16-17,23H,5-6,11-15,18H2,2-3H3,(H2,30,31,34). The number of piperidine rings is 1. The quantitative estimate of drug-likeness (QED) is 0.628. The fourth-order valence-electron chi connectivity index (χ4n) is 4.80. The molecule has 0 saturated carbocycles. The van der Waals surface area contributed by atoms with E-state index in [1.165, 1.54) is 0 Å². The molecule has 2 fully saturated rings. The Labute approximate surface area is 206 Å². The molecule has 0 spiro atoms. The van der Waals surface area contributed by atoms with Crippen molar-refractivity contribution in [2.24, 2.45) is 0 Å². The number of nitrogens with zero attached hydrogens (tertiary/aromatic N) is 1. The van der Waals surface area contributed by atoms with Gasteiger partial charge in [0.2, 0.25) is 0 Å². The zero-order valence-corrected chi connectivity index (χ0v) is 20.3. The van der Waals surface area contributed by atoms with Crippen molar-refractivity contribution in [1.82, 2.24) is 10.2 Å². The maximum atomic E-state index is 15.7. The molecule has 35 heavy (non-hydrogen) atoms. The molecule has 1 unspecified atom stereocenters. The van der Waals surface area contributed by atoms with Gasteiger partial charge in [-0.2, -0.15) is 0 Å². The number of carbonyl (C=O) groups is 2. The van der Waals surface area contributed by atoms with Crippen molar-refractivity contribution in [1.29, 1.82) is 0 Å². The number of alkyl halides is 1. The van der Waals surface area contributed by atoms with Crippen LogP contribution in [0.25, 0.3) is 0 Å². The summed E-state index contributed by atoms with van der Waals surface area (Å²) in [5.74, 6) is 2.39. The van der Waals surface area contributed by atoms with Crippen LogP contribution in [0.4, 0.5) is 14.9 Å². The maximum absolute atomic E-state index is 15.7. The number of hydrogen-bond donors (Lipinski definition) is 2. The Balaban J connectivity index is 1.42. The highest BCUT2D eigenvalue weighted by atomic mass is 19.1. The Morgan fingerprint density at radius 3 is 2.49 bits per heavy atom. The molecule has 0 bridgehead atoms. The van der Waals surface area contributed by atoms with Crippen molar-refractivity contribution < 1.29 is 18.7 Å². The molecule has 2 saturated heterocycles. The number of carbonyl (C=O) groups excluding carboxylic acids is 2. The predicted octanol–water partition coefficient (Wildman–Crippen LogP) is 4.69. The van der Waals surface area contributed by atoms with Crippen LogP contribution in [0, 0.1) is 26.2 Å². The van der Waals surface area contributed by atoms with Crippen LogP contribution >= 0.6 is 0 Å². The minimum atomic E-state index is -1.49. The number of hydrogen-bond acceptors (Lipinski definition) is 3. The molecule has 2 N–H and O–H groups in total. The number of aryl methyl sites for hydroxylation is 2. The van der Waals surface area contributed by atoms with Gasteiger partial charge >= 0.3 is 6.03 Å². The van der Waals surface area contributed by atoms with E-state index in [0.717, 1.165) is 30.6 Å². The van der Waals surface area contributed by atoms with Gasteiger partial charge in [0, 0.05) is 49.4 Å². The minimum Gasteiger partial charge on any atom is -0.379 e. The molecule has 7 heteroatoms. The number of halogens is 1. The number of rotatable bonds is 4. The SMILES string of the molecule is C#Cc1ccc(C2(F)CCN(C(=O)c3cc(NC(=O)NC4CCCOC4)c(C)cc3C)CC2)cc1. The lowest BCUT2D eigenvalue weighted by Gasteiger charge is -2.37. The van der Waals surface area contributed by atoms with E-state index in [2.05, 4.69) is 16.6 Å².